The van der Waals surface area contributed by atoms with Crippen molar-refractivity contribution in [2.45, 2.75) is 38.5 Å². The Hall–Kier alpha value is -1.78. The van der Waals surface area contributed by atoms with Crippen molar-refractivity contribution in [3.05, 3.63) is 34.2 Å². The van der Waals surface area contributed by atoms with Crippen LogP contribution in [0.3, 0.4) is 0 Å². The molecule has 1 saturated heterocycles. The number of unbranched alkanes of at least 4 members (excludes halogenated alkanes) is 1. The van der Waals surface area contributed by atoms with Gasteiger partial charge in [0.2, 0.25) is 0 Å². The van der Waals surface area contributed by atoms with E-state index in [4.69, 9.17) is 0 Å². The number of aromatic nitrogens is 1. The summed E-state index contributed by atoms with van der Waals surface area (Å²) in [5.74, 6) is 0.388. The highest BCUT2D eigenvalue weighted by Gasteiger charge is 2.23. The lowest BCUT2D eigenvalue weighted by atomic mass is 9.90. The summed E-state index contributed by atoms with van der Waals surface area (Å²) in [7, 11) is 1.76. The molecule has 0 aliphatic carbocycles. The van der Waals surface area contributed by atoms with Crippen LogP contribution in [-0.4, -0.2) is 35.1 Å². The number of carbonyl (C=O) groups is 1. The topological polar surface area (TPSA) is 54.3 Å². The Morgan fingerprint density at radius 1 is 1.38 bits per heavy atom. The molecule has 2 amide bonds. The lowest BCUT2D eigenvalue weighted by Crippen LogP contribution is -2.44. The van der Waals surface area contributed by atoms with E-state index in [1.807, 2.05) is 17.2 Å². The van der Waals surface area contributed by atoms with E-state index in [1.165, 1.54) is 0 Å². The average Bonchev–Trinajstić information content (AvgIpc) is 2.50. The van der Waals surface area contributed by atoms with Crippen molar-refractivity contribution in [1.29, 1.82) is 0 Å². The van der Waals surface area contributed by atoms with Crippen LogP contribution in [-0.2, 0) is 7.05 Å². The van der Waals surface area contributed by atoms with Gasteiger partial charge >= 0.3 is 6.03 Å². The highest BCUT2D eigenvalue weighted by molar-refractivity contribution is 5.74. The Morgan fingerprint density at radius 2 is 2.10 bits per heavy atom. The van der Waals surface area contributed by atoms with Crippen molar-refractivity contribution in [2.75, 3.05) is 19.6 Å². The van der Waals surface area contributed by atoms with Gasteiger partial charge in [0.15, 0.2) is 0 Å². The molecule has 1 aliphatic heterocycles. The first-order valence-corrected chi connectivity index (χ1v) is 7.81. The second-order valence-corrected chi connectivity index (χ2v) is 5.76. The molecule has 21 heavy (non-hydrogen) atoms. The quantitative estimate of drug-likeness (QED) is 0.864. The fourth-order valence-corrected chi connectivity index (χ4v) is 2.72. The second-order valence-electron chi connectivity index (χ2n) is 5.76. The molecular weight excluding hydrogens is 266 g/mol. The zero-order valence-electron chi connectivity index (χ0n) is 13.0. The van der Waals surface area contributed by atoms with Gasteiger partial charge in [-0.05, 0) is 36.8 Å². The number of hydrogen-bond donors (Lipinski definition) is 1. The van der Waals surface area contributed by atoms with E-state index in [0.29, 0.717) is 5.92 Å². The number of rotatable bonds is 4. The van der Waals surface area contributed by atoms with Crippen molar-refractivity contribution < 1.29 is 4.79 Å². The molecule has 5 heteroatoms. The molecule has 116 valence electrons. The van der Waals surface area contributed by atoms with Crippen molar-refractivity contribution in [3.63, 3.8) is 0 Å². The first kappa shape index (κ1) is 15.6. The van der Waals surface area contributed by atoms with Crippen LogP contribution in [0, 0.1) is 0 Å². The Kier molecular flexibility index (Phi) is 5.42. The van der Waals surface area contributed by atoms with Crippen LogP contribution in [0.1, 0.15) is 44.1 Å². The van der Waals surface area contributed by atoms with E-state index in [1.54, 1.807) is 17.7 Å². The smallest absolute Gasteiger partial charge is 0.317 e. The largest absolute Gasteiger partial charge is 0.338 e. The van der Waals surface area contributed by atoms with Crippen LogP contribution in [0.4, 0.5) is 4.79 Å². The molecule has 2 heterocycles. The normalized spacial score (nSPS) is 16.0. The molecule has 1 aromatic rings. The highest BCUT2D eigenvalue weighted by Crippen LogP contribution is 2.26. The lowest BCUT2D eigenvalue weighted by Gasteiger charge is -2.32. The number of hydrogen-bond acceptors (Lipinski definition) is 2. The summed E-state index contributed by atoms with van der Waals surface area (Å²) in [5, 5.41) is 2.96. The van der Waals surface area contributed by atoms with E-state index < -0.39 is 0 Å². The van der Waals surface area contributed by atoms with Crippen LogP contribution in [0.15, 0.2) is 23.1 Å². The summed E-state index contributed by atoms with van der Waals surface area (Å²) in [6.45, 7) is 4.39. The van der Waals surface area contributed by atoms with Crippen LogP contribution >= 0.6 is 0 Å². The monoisotopic (exact) mass is 291 g/mol. The molecule has 0 aromatic carbocycles. The summed E-state index contributed by atoms with van der Waals surface area (Å²) in [4.78, 5) is 25.5. The van der Waals surface area contributed by atoms with E-state index in [0.717, 1.165) is 50.9 Å². The van der Waals surface area contributed by atoms with Gasteiger partial charge in [0.1, 0.15) is 0 Å². The molecule has 0 atom stereocenters. The minimum Gasteiger partial charge on any atom is -0.338 e. The number of nitrogens with one attached hydrogen (secondary N) is 1. The summed E-state index contributed by atoms with van der Waals surface area (Å²) in [6.07, 6.45) is 5.78. The molecule has 0 saturated carbocycles. The van der Waals surface area contributed by atoms with Gasteiger partial charge in [-0.25, -0.2) is 4.79 Å². The summed E-state index contributed by atoms with van der Waals surface area (Å²) in [5.41, 5.74) is 1.14. The molecule has 0 bridgehead atoms. The van der Waals surface area contributed by atoms with Crippen molar-refractivity contribution in [2.24, 2.45) is 7.05 Å². The number of pyridine rings is 1. The van der Waals surface area contributed by atoms with Gasteiger partial charge in [-0.3, -0.25) is 4.79 Å². The van der Waals surface area contributed by atoms with Gasteiger partial charge in [-0.2, -0.15) is 0 Å². The lowest BCUT2D eigenvalue weighted by molar-refractivity contribution is 0.181. The SMILES string of the molecule is CCCCNC(=O)N1CCC(c2ccn(C)c(=O)c2)CC1. The number of urea groups is 1. The predicted octanol–water partition coefficient (Wildman–Crippen LogP) is 2.07. The molecule has 0 radical (unpaired) electrons. The van der Waals surface area contributed by atoms with Gasteiger partial charge in [-0.1, -0.05) is 13.3 Å². The first-order chi connectivity index (χ1) is 10.1. The van der Waals surface area contributed by atoms with Gasteiger partial charge in [0.25, 0.3) is 5.56 Å². The van der Waals surface area contributed by atoms with Crippen LogP contribution in [0.5, 0.6) is 0 Å². The zero-order chi connectivity index (χ0) is 15.2. The van der Waals surface area contributed by atoms with Crippen molar-refractivity contribution in [1.82, 2.24) is 14.8 Å². The van der Waals surface area contributed by atoms with Crippen LogP contribution < -0.4 is 10.9 Å². The predicted molar refractivity (Wildman–Crippen MR) is 83.5 cm³/mol. The Labute approximate surface area is 126 Å². The maximum atomic E-state index is 12.0. The van der Waals surface area contributed by atoms with Gasteiger partial charge in [0.05, 0.1) is 0 Å². The molecule has 5 nitrogen and oxygen atoms in total. The fourth-order valence-electron chi connectivity index (χ4n) is 2.72. The van der Waals surface area contributed by atoms with Gasteiger partial charge in [0, 0.05) is 38.9 Å². The number of likely N-dealkylation sites (tertiary alicyclic amines) is 1. The Bertz CT molecular complexity index is 531. The maximum Gasteiger partial charge on any atom is 0.317 e. The summed E-state index contributed by atoms with van der Waals surface area (Å²) in [6, 6.07) is 3.79. The van der Waals surface area contributed by atoms with Crippen LogP contribution in [0.25, 0.3) is 0 Å². The number of aryl methyl sites for hydroxylation is 1. The molecule has 0 spiro atoms. The average molecular weight is 291 g/mol. The van der Waals surface area contributed by atoms with Crippen molar-refractivity contribution in [3.8, 4) is 0 Å². The molecule has 1 fully saturated rings. The van der Waals surface area contributed by atoms with E-state index in [9.17, 15) is 9.59 Å². The number of piperidine rings is 1. The number of carbonyl (C=O) groups excluding carboxylic acids is 1. The third-order valence-electron chi connectivity index (χ3n) is 4.19. The first-order valence-electron chi connectivity index (χ1n) is 7.81. The van der Waals surface area contributed by atoms with Gasteiger partial charge < -0.3 is 14.8 Å². The molecule has 2 rings (SSSR count). The van der Waals surface area contributed by atoms with E-state index >= 15 is 0 Å². The van der Waals surface area contributed by atoms with E-state index in [2.05, 4.69) is 12.2 Å². The minimum atomic E-state index is 0.0345. The standard InChI is InChI=1S/C16H25N3O2/c1-3-4-8-17-16(21)19-10-6-13(7-11-19)14-5-9-18(2)15(20)12-14/h5,9,12-13H,3-4,6-8,10-11H2,1-2H3,(H,17,21). The molecule has 0 unspecified atom stereocenters. The zero-order valence-corrected chi connectivity index (χ0v) is 13.0. The Morgan fingerprint density at radius 3 is 2.71 bits per heavy atom. The minimum absolute atomic E-state index is 0.0345. The maximum absolute atomic E-state index is 12.0. The summed E-state index contributed by atoms with van der Waals surface area (Å²) >= 11 is 0. The highest BCUT2D eigenvalue weighted by atomic mass is 16.2. The molecule has 1 N–H and O–H groups in total. The molecular formula is C16H25N3O2. The van der Waals surface area contributed by atoms with Crippen molar-refractivity contribution >= 4 is 6.03 Å². The third kappa shape index (κ3) is 4.09. The number of nitrogens with zero attached hydrogens (tertiary/aromatic N) is 2. The van der Waals surface area contributed by atoms with E-state index in [-0.39, 0.29) is 11.6 Å². The molecule has 1 aliphatic rings. The Balaban J connectivity index is 1.86. The third-order valence-corrected chi connectivity index (χ3v) is 4.19. The molecule has 1 aromatic heterocycles. The second kappa shape index (κ2) is 7.29. The van der Waals surface area contributed by atoms with Gasteiger partial charge in [-0.15, -0.1) is 0 Å². The number of amides is 2. The van der Waals surface area contributed by atoms with Crippen LogP contribution in [0.2, 0.25) is 0 Å². The fraction of sp³-hybridized carbons (Fsp3) is 0.625. The summed E-state index contributed by atoms with van der Waals surface area (Å²) < 4.78 is 1.58.